The van der Waals surface area contributed by atoms with Gasteiger partial charge in [0.1, 0.15) is 0 Å². The molecule has 0 saturated carbocycles. The monoisotopic (exact) mass is 275 g/mol. The summed E-state index contributed by atoms with van der Waals surface area (Å²) in [6.45, 7) is 2.08. The van der Waals surface area contributed by atoms with Crippen LogP contribution in [0.25, 0.3) is 0 Å². The van der Waals surface area contributed by atoms with Crippen LogP contribution in [0.4, 0.5) is 18.9 Å². The quantitative estimate of drug-likeness (QED) is 0.837. The Balaban J connectivity index is 2.76. The molecule has 1 aromatic rings. The van der Waals surface area contributed by atoms with Crippen LogP contribution in [0.5, 0.6) is 0 Å². The number of nitrogens with two attached hydrogens (primary N) is 1. The van der Waals surface area contributed by atoms with Crippen LogP contribution in [0.15, 0.2) is 18.2 Å². The van der Waals surface area contributed by atoms with Gasteiger partial charge in [-0.25, -0.2) is 0 Å². The molecular formula is C13H20F3N3. The molecule has 0 unspecified atom stereocenters. The standard InChI is InChI=1S/C13H20F3N3/c1-18(2)4-5-19(3)9-10-6-11(13(14,15)16)8-12(17)7-10/h6-8H,4-5,9,17H2,1-3H3. The third-order valence-corrected chi connectivity index (χ3v) is 2.72. The smallest absolute Gasteiger partial charge is 0.399 e. The number of rotatable bonds is 5. The van der Waals surface area contributed by atoms with Gasteiger partial charge in [-0.1, -0.05) is 0 Å². The Hall–Kier alpha value is -1.27. The SMILES string of the molecule is CN(C)CCN(C)Cc1cc(N)cc(C(F)(F)F)c1. The van der Waals surface area contributed by atoms with Gasteiger partial charge in [-0.15, -0.1) is 0 Å². The first kappa shape index (κ1) is 15.8. The summed E-state index contributed by atoms with van der Waals surface area (Å²) in [6.07, 6.45) is -4.35. The predicted octanol–water partition coefficient (Wildman–Crippen LogP) is 2.28. The fourth-order valence-electron chi connectivity index (χ4n) is 1.73. The summed E-state index contributed by atoms with van der Waals surface area (Å²) in [5.41, 5.74) is 5.56. The van der Waals surface area contributed by atoms with E-state index in [0.717, 1.165) is 25.2 Å². The van der Waals surface area contributed by atoms with Crippen LogP contribution < -0.4 is 5.73 Å². The molecule has 6 heteroatoms. The van der Waals surface area contributed by atoms with E-state index in [9.17, 15) is 13.2 Å². The fourth-order valence-corrected chi connectivity index (χ4v) is 1.73. The van der Waals surface area contributed by atoms with Gasteiger partial charge in [0, 0.05) is 25.3 Å². The number of hydrogen-bond donors (Lipinski definition) is 1. The third kappa shape index (κ3) is 5.48. The van der Waals surface area contributed by atoms with Crippen LogP contribution >= 0.6 is 0 Å². The van der Waals surface area contributed by atoms with Crippen LogP contribution in [0.2, 0.25) is 0 Å². The zero-order valence-corrected chi connectivity index (χ0v) is 11.5. The highest BCUT2D eigenvalue weighted by Gasteiger charge is 2.31. The van der Waals surface area contributed by atoms with E-state index in [2.05, 4.69) is 0 Å². The van der Waals surface area contributed by atoms with Gasteiger partial charge >= 0.3 is 6.18 Å². The molecule has 0 spiro atoms. The van der Waals surface area contributed by atoms with Crippen molar-refractivity contribution in [1.82, 2.24) is 9.80 Å². The molecule has 0 saturated heterocycles. The van der Waals surface area contributed by atoms with Crippen molar-refractivity contribution in [3.05, 3.63) is 29.3 Å². The van der Waals surface area contributed by atoms with Crippen LogP contribution in [0.3, 0.4) is 0 Å². The van der Waals surface area contributed by atoms with Gasteiger partial charge in [0.15, 0.2) is 0 Å². The van der Waals surface area contributed by atoms with E-state index in [1.807, 2.05) is 30.9 Å². The molecule has 0 fully saturated rings. The van der Waals surface area contributed by atoms with Crippen molar-refractivity contribution in [3.63, 3.8) is 0 Å². The minimum Gasteiger partial charge on any atom is -0.399 e. The van der Waals surface area contributed by atoms with Crippen LogP contribution in [-0.2, 0) is 12.7 Å². The summed E-state index contributed by atoms with van der Waals surface area (Å²) in [5, 5.41) is 0. The van der Waals surface area contributed by atoms with E-state index in [1.165, 1.54) is 0 Å². The van der Waals surface area contributed by atoms with Crippen molar-refractivity contribution in [1.29, 1.82) is 0 Å². The first-order valence-corrected chi connectivity index (χ1v) is 5.98. The lowest BCUT2D eigenvalue weighted by atomic mass is 10.1. The molecule has 0 amide bonds. The van der Waals surface area contributed by atoms with Gasteiger partial charge in [0.05, 0.1) is 5.56 Å². The second kappa shape index (κ2) is 6.25. The highest BCUT2D eigenvalue weighted by Crippen LogP contribution is 2.31. The lowest BCUT2D eigenvalue weighted by molar-refractivity contribution is -0.137. The van der Waals surface area contributed by atoms with E-state index >= 15 is 0 Å². The molecule has 0 aliphatic carbocycles. The Kier molecular flexibility index (Phi) is 5.20. The minimum atomic E-state index is -4.35. The first-order chi connectivity index (χ1) is 8.68. The Labute approximate surface area is 111 Å². The summed E-state index contributed by atoms with van der Waals surface area (Å²) in [7, 11) is 5.78. The summed E-state index contributed by atoms with van der Waals surface area (Å²) in [4.78, 5) is 3.99. The highest BCUT2D eigenvalue weighted by molar-refractivity contribution is 5.45. The Morgan fingerprint density at radius 1 is 1.05 bits per heavy atom. The van der Waals surface area contributed by atoms with E-state index in [0.29, 0.717) is 12.1 Å². The Morgan fingerprint density at radius 2 is 1.68 bits per heavy atom. The number of halogens is 3. The predicted molar refractivity (Wildman–Crippen MR) is 70.7 cm³/mol. The number of benzene rings is 1. The normalized spacial score (nSPS) is 12.4. The molecule has 0 bridgehead atoms. The molecule has 19 heavy (non-hydrogen) atoms. The minimum absolute atomic E-state index is 0.144. The van der Waals surface area contributed by atoms with Crippen molar-refractivity contribution in [2.45, 2.75) is 12.7 Å². The number of likely N-dealkylation sites (N-methyl/N-ethyl adjacent to an activating group) is 2. The van der Waals surface area contributed by atoms with Gasteiger partial charge < -0.3 is 15.5 Å². The molecule has 3 nitrogen and oxygen atoms in total. The topological polar surface area (TPSA) is 32.5 Å². The van der Waals surface area contributed by atoms with Crippen LogP contribution in [0, 0.1) is 0 Å². The highest BCUT2D eigenvalue weighted by atomic mass is 19.4. The molecule has 0 heterocycles. The van der Waals surface area contributed by atoms with Gasteiger partial charge in [0.25, 0.3) is 0 Å². The molecule has 108 valence electrons. The average molecular weight is 275 g/mol. The molecule has 0 aliphatic rings. The maximum absolute atomic E-state index is 12.7. The number of alkyl halides is 3. The second-order valence-electron chi connectivity index (χ2n) is 5.00. The average Bonchev–Trinajstić information content (AvgIpc) is 2.24. The molecule has 2 N–H and O–H groups in total. The number of hydrogen-bond acceptors (Lipinski definition) is 3. The van der Waals surface area contributed by atoms with Gasteiger partial charge in [-0.05, 0) is 44.9 Å². The second-order valence-corrected chi connectivity index (χ2v) is 5.00. The molecule has 0 atom stereocenters. The zero-order chi connectivity index (χ0) is 14.6. The van der Waals surface area contributed by atoms with Crippen LogP contribution in [0.1, 0.15) is 11.1 Å². The summed E-state index contributed by atoms with van der Waals surface area (Å²) in [6, 6.07) is 3.70. The molecule has 1 rings (SSSR count). The summed E-state index contributed by atoms with van der Waals surface area (Å²) in [5.74, 6) is 0. The lowest BCUT2D eigenvalue weighted by Crippen LogP contribution is -2.28. The molecule has 0 aromatic heterocycles. The molecule has 1 aromatic carbocycles. The molecular weight excluding hydrogens is 255 g/mol. The van der Waals surface area contributed by atoms with Crippen molar-refractivity contribution < 1.29 is 13.2 Å². The molecule has 0 aliphatic heterocycles. The van der Waals surface area contributed by atoms with Gasteiger partial charge in [-0.2, -0.15) is 13.2 Å². The van der Waals surface area contributed by atoms with Crippen molar-refractivity contribution in [2.75, 3.05) is 40.0 Å². The number of nitrogens with zero attached hydrogens (tertiary/aromatic N) is 2. The van der Waals surface area contributed by atoms with Gasteiger partial charge in [0.2, 0.25) is 0 Å². The summed E-state index contributed by atoms with van der Waals surface area (Å²) < 4.78 is 38.0. The van der Waals surface area contributed by atoms with Crippen molar-refractivity contribution in [2.24, 2.45) is 0 Å². The zero-order valence-electron chi connectivity index (χ0n) is 11.5. The van der Waals surface area contributed by atoms with E-state index < -0.39 is 11.7 Å². The Bertz CT molecular complexity index is 416. The van der Waals surface area contributed by atoms with Gasteiger partial charge in [-0.3, -0.25) is 0 Å². The van der Waals surface area contributed by atoms with E-state index in [-0.39, 0.29) is 5.69 Å². The van der Waals surface area contributed by atoms with Crippen molar-refractivity contribution in [3.8, 4) is 0 Å². The fraction of sp³-hybridized carbons (Fsp3) is 0.538. The molecule has 0 radical (unpaired) electrons. The lowest BCUT2D eigenvalue weighted by Gasteiger charge is -2.20. The Morgan fingerprint density at radius 3 is 2.21 bits per heavy atom. The van der Waals surface area contributed by atoms with Crippen molar-refractivity contribution >= 4 is 5.69 Å². The van der Waals surface area contributed by atoms with E-state index in [4.69, 9.17) is 5.73 Å². The number of anilines is 1. The van der Waals surface area contributed by atoms with E-state index in [1.54, 1.807) is 6.07 Å². The first-order valence-electron chi connectivity index (χ1n) is 5.98. The maximum atomic E-state index is 12.7. The number of nitrogen functional groups attached to an aromatic ring is 1. The largest absolute Gasteiger partial charge is 0.416 e. The maximum Gasteiger partial charge on any atom is 0.416 e. The third-order valence-electron chi connectivity index (χ3n) is 2.72. The van der Waals surface area contributed by atoms with Crippen LogP contribution in [-0.4, -0.2) is 44.0 Å². The summed E-state index contributed by atoms with van der Waals surface area (Å²) >= 11 is 0.